The Morgan fingerprint density at radius 1 is 1.50 bits per heavy atom. The lowest BCUT2D eigenvalue weighted by Gasteiger charge is -2.18. The highest BCUT2D eigenvalue weighted by Crippen LogP contribution is 2.25. The van der Waals surface area contributed by atoms with E-state index in [1.807, 2.05) is 0 Å². The van der Waals surface area contributed by atoms with Gasteiger partial charge in [-0.05, 0) is 25.1 Å². The molecule has 0 bridgehead atoms. The Balaban J connectivity index is 2.76. The summed E-state index contributed by atoms with van der Waals surface area (Å²) < 4.78 is 18.7. The molecule has 1 aromatic carbocycles. The smallest absolute Gasteiger partial charge is 0.308 e. The summed E-state index contributed by atoms with van der Waals surface area (Å²) >= 11 is 3.14. The second kappa shape index (κ2) is 6.82. The van der Waals surface area contributed by atoms with Gasteiger partial charge in [0, 0.05) is 10.0 Å². The van der Waals surface area contributed by atoms with E-state index in [9.17, 15) is 19.4 Å². The molecule has 18 heavy (non-hydrogen) atoms. The van der Waals surface area contributed by atoms with Crippen molar-refractivity contribution in [3.63, 3.8) is 0 Å². The second-order valence-electron chi connectivity index (χ2n) is 3.69. The molecule has 0 aromatic heterocycles. The molecule has 0 saturated heterocycles. The first-order chi connectivity index (χ1) is 8.45. The van der Waals surface area contributed by atoms with Crippen molar-refractivity contribution in [1.29, 1.82) is 0 Å². The van der Waals surface area contributed by atoms with Gasteiger partial charge >= 0.3 is 5.97 Å². The summed E-state index contributed by atoms with van der Waals surface area (Å²) in [6.45, 7) is 1.82. The molecule has 0 saturated carbocycles. The van der Waals surface area contributed by atoms with Crippen molar-refractivity contribution in [2.45, 2.75) is 25.6 Å². The number of carbonyl (C=O) groups is 1. The van der Waals surface area contributed by atoms with Gasteiger partial charge in [0.05, 0.1) is 19.1 Å². The van der Waals surface area contributed by atoms with Crippen molar-refractivity contribution >= 4 is 21.9 Å². The normalized spacial score (nSPS) is 14.1. The van der Waals surface area contributed by atoms with Gasteiger partial charge in [-0.2, -0.15) is 0 Å². The van der Waals surface area contributed by atoms with Crippen molar-refractivity contribution < 1.29 is 24.1 Å². The van der Waals surface area contributed by atoms with Gasteiger partial charge in [-0.1, -0.05) is 15.9 Å². The van der Waals surface area contributed by atoms with Crippen molar-refractivity contribution in [3.8, 4) is 0 Å². The number of halogens is 2. The molecule has 0 aliphatic rings. The molecule has 1 rings (SSSR count). The van der Waals surface area contributed by atoms with Crippen LogP contribution in [0.15, 0.2) is 22.7 Å². The van der Waals surface area contributed by atoms with E-state index in [0.717, 1.165) is 0 Å². The minimum absolute atomic E-state index is 0.0684. The molecule has 2 atom stereocenters. The molecule has 2 unspecified atom stereocenters. The lowest BCUT2D eigenvalue weighted by Crippen LogP contribution is -2.23. The molecule has 0 heterocycles. The maximum absolute atomic E-state index is 13.5. The fraction of sp³-hybridized carbons (Fsp3) is 0.417. The van der Waals surface area contributed by atoms with Crippen LogP contribution in [0.25, 0.3) is 0 Å². The molecular weight excluding hydrogens is 307 g/mol. The van der Waals surface area contributed by atoms with Crippen LogP contribution in [-0.4, -0.2) is 28.9 Å². The van der Waals surface area contributed by atoms with Crippen molar-refractivity contribution in [2.75, 3.05) is 6.61 Å². The van der Waals surface area contributed by atoms with Gasteiger partial charge in [0.15, 0.2) is 0 Å². The average molecular weight is 321 g/mol. The number of esters is 1. The van der Waals surface area contributed by atoms with E-state index in [1.54, 1.807) is 6.92 Å². The van der Waals surface area contributed by atoms with E-state index in [4.69, 9.17) is 0 Å². The Labute approximate surface area is 113 Å². The van der Waals surface area contributed by atoms with Crippen LogP contribution in [0.4, 0.5) is 4.39 Å². The van der Waals surface area contributed by atoms with Crippen molar-refractivity contribution in [3.05, 3.63) is 34.1 Å². The SMILES string of the molecule is CCOC(=O)CC(O)C(O)c1cc(Br)ccc1F. The predicted octanol–water partition coefficient (Wildman–Crippen LogP) is 1.94. The highest BCUT2D eigenvalue weighted by molar-refractivity contribution is 9.10. The third-order valence-corrected chi connectivity index (χ3v) is 2.82. The summed E-state index contributed by atoms with van der Waals surface area (Å²) in [4.78, 5) is 11.1. The van der Waals surface area contributed by atoms with Gasteiger partial charge in [-0.3, -0.25) is 4.79 Å². The minimum atomic E-state index is -1.48. The van der Waals surface area contributed by atoms with Crippen LogP contribution < -0.4 is 0 Å². The summed E-state index contributed by atoms with van der Waals surface area (Å²) in [5.74, 6) is -1.28. The zero-order valence-corrected chi connectivity index (χ0v) is 11.4. The van der Waals surface area contributed by atoms with Gasteiger partial charge in [0.1, 0.15) is 11.9 Å². The van der Waals surface area contributed by atoms with Gasteiger partial charge in [-0.25, -0.2) is 4.39 Å². The highest BCUT2D eigenvalue weighted by Gasteiger charge is 2.24. The van der Waals surface area contributed by atoms with Crippen molar-refractivity contribution in [1.82, 2.24) is 0 Å². The number of hydrogen-bond donors (Lipinski definition) is 2. The number of rotatable bonds is 5. The van der Waals surface area contributed by atoms with E-state index in [2.05, 4.69) is 20.7 Å². The fourth-order valence-corrected chi connectivity index (χ4v) is 1.83. The van der Waals surface area contributed by atoms with E-state index >= 15 is 0 Å². The van der Waals surface area contributed by atoms with Crippen LogP contribution in [0, 0.1) is 5.82 Å². The van der Waals surface area contributed by atoms with Crippen LogP contribution in [-0.2, 0) is 9.53 Å². The van der Waals surface area contributed by atoms with Crippen molar-refractivity contribution in [2.24, 2.45) is 0 Å². The van der Waals surface area contributed by atoms with Crippen LogP contribution in [0.5, 0.6) is 0 Å². The van der Waals surface area contributed by atoms with Crippen LogP contribution in [0.1, 0.15) is 25.0 Å². The van der Waals surface area contributed by atoms with Gasteiger partial charge in [0.25, 0.3) is 0 Å². The van der Waals surface area contributed by atoms with Gasteiger partial charge in [-0.15, -0.1) is 0 Å². The zero-order valence-electron chi connectivity index (χ0n) is 9.77. The predicted molar refractivity (Wildman–Crippen MR) is 66.3 cm³/mol. The fourth-order valence-electron chi connectivity index (χ4n) is 1.45. The number of aliphatic hydroxyl groups is 2. The quantitative estimate of drug-likeness (QED) is 0.814. The topological polar surface area (TPSA) is 66.8 Å². The summed E-state index contributed by atoms with van der Waals surface area (Å²) in [5, 5.41) is 19.4. The third-order valence-electron chi connectivity index (χ3n) is 2.32. The van der Waals surface area contributed by atoms with Gasteiger partial charge < -0.3 is 14.9 Å². The highest BCUT2D eigenvalue weighted by atomic mass is 79.9. The standard InChI is InChI=1S/C12H14BrFO4/c1-2-18-11(16)6-10(15)12(17)8-5-7(13)3-4-9(8)14/h3-5,10,12,15,17H,2,6H2,1H3. The number of benzene rings is 1. The Kier molecular flexibility index (Phi) is 5.71. The Morgan fingerprint density at radius 3 is 2.78 bits per heavy atom. The molecular formula is C12H14BrFO4. The monoisotopic (exact) mass is 320 g/mol. The number of aliphatic hydroxyl groups excluding tert-OH is 2. The van der Waals surface area contributed by atoms with Gasteiger partial charge in [0.2, 0.25) is 0 Å². The summed E-state index contributed by atoms with van der Waals surface area (Å²) in [7, 11) is 0. The molecule has 6 heteroatoms. The lowest BCUT2D eigenvalue weighted by atomic mass is 10.0. The molecule has 2 N–H and O–H groups in total. The molecule has 0 spiro atoms. The Bertz CT molecular complexity index is 425. The largest absolute Gasteiger partial charge is 0.466 e. The lowest BCUT2D eigenvalue weighted by molar-refractivity contribution is -0.147. The number of hydrogen-bond acceptors (Lipinski definition) is 4. The van der Waals surface area contributed by atoms with E-state index in [0.29, 0.717) is 4.47 Å². The first kappa shape index (κ1) is 15.1. The number of carbonyl (C=O) groups excluding carboxylic acids is 1. The zero-order chi connectivity index (χ0) is 13.7. The van der Waals surface area contributed by atoms with E-state index in [1.165, 1.54) is 18.2 Å². The first-order valence-electron chi connectivity index (χ1n) is 5.42. The molecule has 0 fully saturated rings. The summed E-state index contributed by atoms with van der Waals surface area (Å²) in [5.41, 5.74) is -0.0684. The Morgan fingerprint density at radius 2 is 2.17 bits per heavy atom. The maximum Gasteiger partial charge on any atom is 0.308 e. The summed E-state index contributed by atoms with van der Waals surface area (Å²) in [6.07, 6.45) is -3.28. The molecule has 1 aromatic rings. The average Bonchev–Trinajstić information content (AvgIpc) is 2.31. The maximum atomic E-state index is 13.5. The second-order valence-corrected chi connectivity index (χ2v) is 4.60. The molecule has 100 valence electrons. The Hall–Kier alpha value is -0.980. The van der Waals surface area contributed by atoms with Crippen LogP contribution in [0.2, 0.25) is 0 Å². The first-order valence-corrected chi connectivity index (χ1v) is 6.21. The van der Waals surface area contributed by atoms with Crippen LogP contribution in [0.3, 0.4) is 0 Å². The molecule has 4 nitrogen and oxygen atoms in total. The molecule has 0 amide bonds. The molecule has 0 aliphatic carbocycles. The molecule has 0 aliphatic heterocycles. The summed E-state index contributed by atoms with van der Waals surface area (Å²) in [6, 6.07) is 4.00. The molecule has 0 radical (unpaired) electrons. The number of ether oxygens (including phenoxy) is 1. The minimum Gasteiger partial charge on any atom is -0.466 e. The van der Waals surface area contributed by atoms with Crippen LogP contribution >= 0.6 is 15.9 Å². The third kappa shape index (κ3) is 4.04. The van der Waals surface area contributed by atoms with E-state index in [-0.39, 0.29) is 18.6 Å². The van der Waals surface area contributed by atoms with E-state index < -0.39 is 24.0 Å².